The highest BCUT2D eigenvalue weighted by Crippen LogP contribution is 2.45. The van der Waals surface area contributed by atoms with Crippen LogP contribution >= 0.6 is 11.3 Å². The number of rotatable bonds is 5. The Morgan fingerprint density at radius 2 is 1.00 bits per heavy atom. The fourth-order valence-corrected chi connectivity index (χ4v) is 10.4. The van der Waals surface area contributed by atoms with Crippen LogP contribution in [0.25, 0.3) is 126 Å². The third kappa shape index (κ3) is 5.29. The molecule has 0 unspecified atom stereocenters. The number of fused-ring (bicyclic) bond motifs is 12. The highest BCUT2D eigenvalue weighted by Gasteiger charge is 2.22. The first kappa shape index (κ1) is 34.0. The van der Waals surface area contributed by atoms with Crippen molar-refractivity contribution < 1.29 is 4.42 Å². The van der Waals surface area contributed by atoms with Gasteiger partial charge in [0.2, 0.25) is 0 Å². The standard InChI is InChI=1S/C55H32N4OS/c1-3-13-33(14-4-1)34-23-25-36(26-24-34)54-56-53(35-15-5-2-6-16-35)57-55(58-54)44-32-43-38-17-8-11-21-47(38)60-52(43)39-28-27-37(31-42(39)44)59-45-20-10-7-18-40(45)50-46(59)29-30-49-51(50)41-19-9-12-22-48(41)61-49/h1-32H. The van der Waals surface area contributed by atoms with Gasteiger partial charge < -0.3 is 8.98 Å². The lowest BCUT2D eigenvalue weighted by molar-refractivity contribution is 0.672. The van der Waals surface area contributed by atoms with Gasteiger partial charge in [-0.1, -0.05) is 140 Å². The van der Waals surface area contributed by atoms with E-state index in [-0.39, 0.29) is 0 Å². The number of hydrogen-bond donors (Lipinski definition) is 0. The van der Waals surface area contributed by atoms with Crippen molar-refractivity contribution in [2.75, 3.05) is 0 Å². The van der Waals surface area contributed by atoms with Crippen LogP contribution in [0.15, 0.2) is 199 Å². The number of thiophene rings is 1. The van der Waals surface area contributed by atoms with Crippen LogP contribution in [0.5, 0.6) is 0 Å². The summed E-state index contributed by atoms with van der Waals surface area (Å²) in [5.41, 5.74) is 10.1. The van der Waals surface area contributed by atoms with Gasteiger partial charge in [-0.25, -0.2) is 15.0 Å². The molecule has 0 aliphatic carbocycles. The van der Waals surface area contributed by atoms with Crippen LogP contribution in [0, 0.1) is 0 Å². The van der Waals surface area contributed by atoms with Crippen molar-refractivity contribution in [2.24, 2.45) is 0 Å². The molecular weight excluding hydrogens is 765 g/mol. The summed E-state index contributed by atoms with van der Waals surface area (Å²) >= 11 is 1.85. The SMILES string of the molecule is c1ccc(-c2ccc(-c3nc(-c4ccccc4)nc(-c4cc5c6ccccc6oc5c5ccc(-n6c7ccccc7c7c8c(ccc76)sc6ccccc68)cc45)n3)cc2)cc1. The molecule has 0 N–H and O–H groups in total. The predicted molar refractivity (Wildman–Crippen MR) is 254 cm³/mol. The van der Waals surface area contributed by atoms with Gasteiger partial charge in [-0.3, -0.25) is 0 Å². The Kier molecular flexibility index (Phi) is 7.41. The summed E-state index contributed by atoms with van der Waals surface area (Å²) in [5, 5.41) is 9.15. The van der Waals surface area contributed by atoms with E-state index < -0.39 is 0 Å². The molecule has 13 aromatic rings. The fraction of sp³-hybridized carbons (Fsp3) is 0. The Balaban J connectivity index is 1.09. The van der Waals surface area contributed by atoms with Crippen LogP contribution in [-0.2, 0) is 0 Å². The van der Waals surface area contributed by atoms with E-state index in [0.717, 1.165) is 77.2 Å². The quantitative estimate of drug-likeness (QED) is 0.174. The molecule has 0 spiro atoms. The van der Waals surface area contributed by atoms with Crippen molar-refractivity contribution >= 4 is 86.0 Å². The van der Waals surface area contributed by atoms with Crippen molar-refractivity contribution in [3.05, 3.63) is 194 Å². The van der Waals surface area contributed by atoms with Crippen molar-refractivity contribution in [2.45, 2.75) is 0 Å². The molecule has 284 valence electrons. The maximum atomic E-state index is 6.68. The molecule has 0 radical (unpaired) electrons. The van der Waals surface area contributed by atoms with Gasteiger partial charge in [0.15, 0.2) is 17.5 Å². The third-order valence-electron chi connectivity index (χ3n) is 12.1. The number of hydrogen-bond acceptors (Lipinski definition) is 5. The molecule has 0 saturated heterocycles. The fourth-order valence-electron chi connectivity index (χ4n) is 9.24. The molecule has 61 heavy (non-hydrogen) atoms. The van der Waals surface area contributed by atoms with E-state index in [1.54, 1.807) is 0 Å². The molecule has 4 aromatic heterocycles. The number of nitrogens with zero attached hydrogens (tertiary/aromatic N) is 4. The Labute approximate surface area is 353 Å². The lowest BCUT2D eigenvalue weighted by Crippen LogP contribution is -2.01. The summed E-state index contributed by atoms with van der Waals surface area (Å²) < 4.78 is 11.7. The summed E-state index contributed by atoms with van der Waals surface area (Å²) in [4.78, 5) is 15.7. The third-order valence-corrected chi connectivity index (χ3v) is 13.2. The molecule has 6 heteroatoms. The first-order valence-corrected chi connectivity index (χ1v) is 21.2. The van der Waals surface area contributed by atoms with Crippen LogP contribution in [0.3, 0.4) is 0 Å². The minimum atomic E-state index is 0.596. The zero-order valence-corrected chi connectivity index (χ0v) is 33.4. The van der Waals surface area contributed by atoms with Crippen LogP contribution in [-0.4, -0.2) is 19.5 Å². The molecule has 0 amide bonds. The van der Waals surface area contributed by atoms with E-state index in [9.17, 15) is 0 Å². The maximum absolute atomic E-state index is 6.68. The smallest absolute Gasteiger partial charge is 0.164 e. The highest BCUT2D eigenvalue weighted by molar-refractivity contribution is 7.26. The molecule has 4 heterocycles. The molecule has 5 nitrogen and oxygen atoms in total. The van der Waals surface area contributed by atoms with Crippen molar-refractivity contribution in [1.29, 1.82) is 0 Å². The normalized spacial score (nSPS) is 11.9. The van der Waals surface area contributed by atoms with Crippen molar-refractivity contribution in [3.63, 3.8) is 0 Å². The zero-order valence-electron chi connectivity index (χ0n) is 32.6. The molecule has 9 aromatic carbocycles. The van der Waals surface area contributed by atoms with E-state index in [2.05, 4.69) is 162 Å². The number of benzene rings is 9. The maximum Gasteiger partial charge on any atom is 0.164 e. The number of aromatic nitrogens is 4. The lowest BCUT2D eigenvalue weighted by atomic mass is 9.98. The van der Waals surface area contributed by atoms with Gasteiger partial charge in [0.25, 0.3) is 0 Å². The van der Waals surface area contributed by atoms with Crippen molar-refractivity contribution in [1.82, 2.24) is 19.5 Å². The largest absolute Gasteiger partial charge is 0.455 e. The van der Waals surface area contributed by atoms with E-state index in [1.807, 2.05) is 47.7 Å². The second-order valence-corrected chi connectivity index (χ2v) is 16.6. The molecule has 0 bridgehead atoms. The Morgan fingerprint density at radius 3 is 1.80 bits per heavy atom. The topological polar surface area (TPSA) is 56.7 Å². The van der Waals surface area contributed by atoms with E-state index >= 15 is 0 Å². The van der Waals surface area contributed by atoms with Crippen LogP contribution in [0.1, 0.15) is 0 Å². The summed E-state index contributed by atoms with van der Waals surface area (Å²) in [6.45, 7) is 0. The van der Waals surface area contributed by atoms with Gasteiger partial charge in [0.1, 0.15) is 11.2 Å². The van der Waals surface area contributed by atoms with E-state index in [4.69, 9.17) is 19.4 Å². The summed E-state index contributed by atoms with van der Waals surface area (Å²) in [6.07, 6.45) is 0. The van der Waals surface area contributed by atoms with Gasteiger partial charge >= 0.3 is 0 Å². The van der Waals surface area contributed by atoms with Gasteiger partial charge in [-0.15, -0.1) is 11.3 Å². The molecular formula is C55H32N4OS. The lowest BCUT2D eigenvalue weighted by Gasteiger charge is -2.14. The molecule has 13 rings (SSSR count). The minimum absolute atomic E-state index is 0.596. The first-order chi connectivity index (χ1) is 30.2. The second-order valence-electron chi connectivity index (χ2n) is 15.5. The van der Waals surface area contributed by atoms with Gasteiger partial charge in [-0.05, 0) is 71.1 Å². The zero-order chi connectivity index (χ0) is 40.0. The Hall–Kier alpha value is -7.93. The summed E-state index contributed by atoms with van der Waals surface area (Å²) in [6, 6.07) is 68.4. The second kappa shape index (κ2) is 13.3. The van der Waals surface area contributed by atoms with Gasteiger partial charge in [0.05, 0.1) is 11.0 Å². The first-order valence-electron chi connectivity index (χ1n) is 20.4. The summed E-state index contributed by atoms with van der Waals surface area (Å²) in [5.74, 6) is 1.82. The molecule has 0 atom stereocenters. The van der Waals surface area contributed by atoms with Gasteiger partial charge in [-0.2, -0.15) is 0 Å². The van der Waals surface area contributed by atoms with Crippen LogP contribution < -0.4 is 0 Å². The predicted octanol–water partition coefficient (Wildman–Crippen LogP) is 15.1. The van der Waals surface area contributed by atoms with Crippen LogP contribution in [0.2, 0.25) is 0 Å². The minimum Gasteiger partial charge on any atom is -0.455 e. The monoisotopic (exact) mass is 796 g/mol. The Morgan fingerprint density at radius 1 is 0.377 bits per heavy atom. The molecule has 0 saturated carbocycles. The number of para-hydroxylation sites is 2. The van der Waals surface area contributed by atoms with Crippen LogP contribution in [0.4, 0.5) is 0 Å². The van der Waals surface area contributed by atoms with Gasteiger partial charge in [0, 0.05) is 69.5 Å². The molecule has 0 aliphatic rings. The molecule has 0 fully saturated rings. The number of furan rings is 1. The van der Waals surface area contributed by atoms with E-state index in [1.165, 1.54) is 30.9 Å². The average Bonchev–Trinajstić information content (AvgIpc) is 4.01. The highest BCUT2D eigenvalue weighted by atomic mass is 32.1. The Bertz CT molecular complexity index is 3870. The molecule has 0 aliphatic heterocycles. The van der Waals surface area contributed by atoms with Crippen molar-refractivity contribution in [3.8, 4) is 51.0 Å². The van der Waals surface area contributed by atoms with E-state index in [0.29, 0.717) is 17.5 Å². The average molecular weight is 797 g/mol. The summed E-state index contributed by atoms with van der Waals surface area (Å²) in [7, 11) is 0.